The number of hydrogen-bond donors (Lipinski definition) is 2. The van der Waals surface area contributed by atoms with Crippen molar-refractivity contribution in [3.05, 3.63) is 46.5 Å². The molecule has 0 unspecified atom stereocenters. The molecule has 0 aliphatic heterocycles. The van der Waals surface area contributed by atoms with E-state index in [9.17, 15) is 4.79 Å². The monoisotopic (exact) mass is 248 g/mol. The van der Waals surface area contributed by atoms with Gasteiger partial charge in [0, 0.05) is 6.42 Å². The van der Waals surface area contributed by atoms with Gasteiger partial charge in [-0.05, 0) is 43.4 Å². The summed E-state index contributed by atoms with van der Waals surface area (Å²) in [6, 6.07) is 7.88. The third-order valence-electron chi connectivity index (χ3n) is 3.15. The lowest BCUT2D eigenvalue weighted by Gasteiger charge is -2.10. The van der Waals surface area contributed by atoms with Crippen molar-refractivity contribution in [2.45, 2.75) is 33.1 Å². The fourth-order valence-corrected chi connectivity index (χ4v) is 1.79. The van der Waals surface area contributed by atoms with Gasteiger partial charge in [-0.25, -0.2) is 0 Å². The average molecular weight is 248 g/mol. The zero-order chi connectivity index (χ0) is 13.5. The normalized spacial score (nSPS) is 12.2. The number of allylic oxidation sites excluding steroid dienone is 1. The van der Waals surface area contributed by atoms with Crippen molar-refractivity contribution in [1.82, 2.24) is 0 Å². The summed E-state index contributed by atoms with van der Waals surface area (Å²) in [6.07, 6.45) is 1.47. The van der Waals surface area contributed by atoms with Crippen LogP contribution >= 0.6 is 0 Å². The lowest BCUT2D eigenvalue weighted by Crippen LogP contribution is -2.02. The summed E-state index contributed by atoms with van der Waals surface area (Å²) in [5.74, 6) is -0.774. The van der Waals surface area contributed by atoms with E-state index in [2.05, 4.69) is 0 Å². The molecule has 0 atom stereocenters. The Morgan fingerprint density at radius 1 is 1.11 bits per heavy atom. The number of carboxylic acid groups (broad SMARTS) is 1. The van der Waals surface area contributed by atoms with Gasteiger partial charge < -0.3 is 10.2 Å². The molecule has 0 bridgehead atoms. The molecule has 1 rings (SSSR count). The second kappa shape index (κ2) is 6.97. The minimum absolute atomic E-state index is 0.0725. The first kappa shape index (κ1) is 14.5. The topological polar surface area (TPSA) is 57.5 Å². The van der Waals surface area contributed by atoms with Crippen molar-refractivity contribution in [3.63, 3.8) is 0 Å². The van der Waals surface area contributed by atoms with Gasteiger partial charge in [0.05, 0.1) is 6.61 Å². The van der Waals surface area contributed by atoms with Gasteiger partial charge in [-0.1, -0.05) is 29.8 Å². The molecule has 0 aromatic heterocycles. The third kappa shape index (κ3) is 4.34. The number of carboxylic acids is 1. The second-order valence-corrected chi connectivity index (χ2v) is 4.56. The van der Waals surface area contributed by atoms with Gasteiger partial charge in [0.15, 0.2) is 0 Å². The molecule has 0 amide bonds. The summed E-state index contributed by atoms with van der Waals surface area (Å²) < 4.78 is 0. The van der Waals surface area contributed by atoms with E-state index in [1.165, 1.54) is 0 Å². The average Bonchev–Trinajstić information content (AvgIpc) is 2.36. The van der Waals surface area contributed by atoms with Crippen molar-refractivity contribution in [2.24, 2.45) is 0 Å². The van der Waals surface area contributed by atoms with Crippen LogP contribution in [-0.4, -0.2) is 22.8 Å². The highest BCUT2D eigenvalue weighted by molar-refractivity contribution is 5.67. The molecular weight excluding hydrogens is 228 g/mol. The molecule has 0 aliphatic carbocycles. The Morgan fingerprint density at radius 2 is 1.72 bits per heavy atom. The van der Waals surface area contributed by atoms with E-state index in [-0.39, 0.29) is 13.0 Å². The molecule has 0 aliphatic rings. The Labute approximate surface area is 108 Å². The van der Waals surface area contributed by atoms with Crippen LogP contribution in [0.5, 0.6) is 0 Å². The van der Waals surface area contributed by atoms with E-state index < -0.39 is 5.97 Å². The van der Waals surface area contributed by atoms with Gasteiger partial charge in [-0.2, -0.15) is 0 Å². The predicted octanol–water partition coefficient (Wildman–Crippen LogP) is 2.58. The van der Waals surface area contributed by atoms with E-state index in [0.717, 1.165) is 28.7 Å². The summed E-state index contributed by atoms with van der Waals surface area (Å²) in [5.41, 5.74) is 4.33. The number of rotatable bonds is 6. The number of aliphatic hydroxyl groups excluding tert-OH is 1. The Bertz CT molecular complexity index is 447. The first-order chi connectivity index (χ1) is 8.54. The zero-order valence-electron chi connectivity index (χ0n) is 10.9. The summed E-state index contributed by atoms with van der Waals surface area (Å²) in [4.78, 5) is 10.6. The van der Waals surface area contributed by atoms with E-state index >= 15 is 0 Å². The fourth-order valence-electron chi connectivity index (χ4n) is 1.79. The fraction of sp³-hybridized carbons (Fsp3) is 0.400. The van der Waals surface area contributed by atoms with Crippen LogP contribution in [0.2, 0.25) is 0 Å². The third-order valence-corrected chi connectivity index (χ3v) is 3.15. The van der Waals surface area contributed by atoms with Crippen LogP contribution in [0, 0.1) is 0 Å². The number of hydrogen-bond acceptors (Lipinski definition) is 2. The van der Waals surface area contributed by atoms with Crippen LogP contribution in [-0.2, 0) is 17.6 Å². The van der Waals surface area contributed by atoms with Gasteiger partial charge in [0.2, 0.25) is 0 Å². The van der Waals surface area contributed by atoms with Crippen molar-refractivity contribution >= 4 is 5.97 Å². The molecule has 0 radical (unpaired) electrons. The van der Waals surface area contributed by atoms with E-state index in [0.29, 0.717) is 6.42 Å². The Balaban J connectivity index is 2.85. The first-order valence-corrected chi connectivity index (χ1v) is 6.09. The van der Waals surface area contributed by atoms with E-state index in [1.54, 1.807) is 0 Å². The molecule has 0 heterocycles. The lowest BCUT2D eigenvalue weighted by atomic mass is 9.96. The second-order valence-electron chi connectivity index (χ2n) is 4.56. The molecule has 0 saturated heterocycles. The number of aliphatic hydroxyl groups is 1. The summed E-state index contributed by atoms with van der Waals surface area (Å²) in [6.45, 7) is 3.98. The van der Waals surface area contributed by atoms with Crippen LogP contribution < -0.4 is 0 Å². The molecule has 18 heavy (non-hydrogen) atoms. The molecule has 1 aromatic carbocycles. The smallest absolute Gasteiger partial charge is 0.303 e. The Hall–Kier alpha value is -1.61. The quantitative estimate of drug-likeness (QED) is 0.761. The van der Waals surface area contributed by atoms with E-state index in [4.69, 9.17) is 10.2 Å². The van der Waals surface area contributed by atoms with Crippen LogP contribution in [0.25, 0.3) is 0 Å². The standard InChI is InChI=1S/C15H20O3/c1-11(12(2)10-16)9-14-6-4-3-5-13(14)7-8-15(17)18/h3-6,16H,7-10H2,1-2H3,(H,17,18)/b12-11+. The van der Waals surface area contributed by atoms with Crippen LogP contribution in [0.4, 0.5) is 0 Å². The maximum absolute atomic E-state index is 10.6. The van der Waals surface area contributed by atoms with Crippen LogP contribution in [0.15, 0.2) is 35.4 Å². The highest BCUT2D eigenvalue weighted by Crippen LogP contribution is 2.17. The highest BCUT2D eigenvalue weighted by atomic mass is 16.4. The first-order valence-electron chi connectivity index (χ1n) is 6.09. The molecule has 3 nitrogen and oxygen atoms in total. The minimum atomic E-state index is -0.774. The number of carbonyl (C=O) groups is 1. The molecule has 0 saturated carbocycles. The summed E-state index contributed by atoms with van der Waals surface area (Å²) in [7, 11) is 0. The van der Waals surface area contributed by atoms with Crippen molar-refractivity contribution < 1.29 is 15.0 Å². The van der Waals surface area contributed by atoms with Crippen molar-refractivity contribution in [3.8, 4) is 0 Å². The van der Waals surface area contributed by atoms with Gasteiger partial charge >= 0.3 is 5.97 Å². The predicted molar refractivity (Wildman–Crippen MR) is 71.6 cm³/mol. The maximum Gasteiger partial charge on any atom is 0.303 e. The number of aryl methyl sites for hydroxylation is 1. The number of aliphatic carboxylic acids is 1. The molecule has 0 fully saturated rings. The molecule has 0 spiro atoms. The van der Waals surface area contributed by atoms with Crippen molar-refractivity contribution in [2.75, 3.05) is 6.61 Å². The lowest BCUT2D eigenvalue weighted by molar-refractivity contribution is -0.136. The van der Waals surface area contributed by atoms with E-state index in [1.807, 2.05) is 38.1 Å². The van der Waals surface area contributed by atoms with Crippen LogP contribution in [0.1, 0.15) is 31.4 Å². The minimum Gasteiger partial charge on any atom is -0.481 e. The maximum atomic E-state index is 10.6. The Morgan fingerprint density at radius 3 is 2.28 bits per heavy atom. The van der Waals surface area contributed by atoms with Gasteiger partial charge in [0.1, 0.15) is 0 Å². The van der Waals surface area contributed by atoms with Gasteiger partial charge in [-0.15, -0.1) is 0 Å². The molecule has 98 valence electrons. The van der Waals surface area contributed by atoms with Gasteiger partial charge in [-0.3, -0.25) is 4.79 Å². The van der Waals surface area contributed by atoms with Crippen molar-refractivity contribution in [1.29, 1.82) is 0 Å². The zero-order valence-corrected chi connectivity index (χ0v) is 10.9. The SMILES string of the molecule is C/C(CO)=C(/C)Cc1ccccc1CCC(=O)O. The van der Waals surface area contributed by atoms with Gasteiger partial charge in [0.25, 0.3) is 0 Å². The molecule has 3 heteroatoms. The summed E-state index contributed by atoms with van der Waals surface area (Å²) in [5, 5.41) is 17.8. The molecular formula is C15H20O3. The highest BCUT2D eigenvalue weighted by Gasteiger charge is 2.06. The molecule has 1 aromatic rings. The number of benzene rings is 1. The largest absolute Gasteiger partial charge is 0.481 e. The summed E-state index contributed by atoms with van der Waals surface area (Å²) >= 11 is 0. The Kier molecular flexibility index (Phi) is 5.59. The van der Waals surface area contributed by atoms with Crippen LogP contribution in [0.3, 0.4) is 0 Å². The molecule has 2 N–H and O–H groups in total.